The number of aromatic nitrogens is 2. The number of aryl methyl sites for hydroxylation is 2. The largest absolute Gasteiger partial charge is 0.321 e. The van der Waals surface area contributed by atoms with Crippen LogP contribution in [0.4, 0.5) is 0 Å². The molecular formula is C14H18BrN3. The van der Waals surface area contributed by atoms with E-state index in [0.717, 1.165) is 27.8 Å². The van der Waals surface area contributed by atoms with Gasteiger partial charge in [-0.05, 0) is 35.3 Å². The molecule has 3 nitrogen and oxygen atoms in total. The average molecular weight is 308 g/mol. The Labute approximate surface area is 116 Å². The van der Waals surface area contributed by atoms with E-state index in [1.54, 1.807) is 0 Å². The van der Waals surface area contributed by atoms with Gasteiger partial charge < -0.3 is 5.73 Å². The summed E-state index contributed by atoms with van der Waals surface area (Å²) in [6, 6.07) is 10.2. The molecular weight excluding hydrogens is 290 g/mol. The summed E-state index contributed by atoms with van der Waals surface area (Å²) in [5, 5.41) is 4.40. The molecule has 18 heavy (non-hydrogen) atoms. The summed E-state index contributed by atoms with van der Waals surface area (Å²) in [6.45, 7) is 4.04. The minimum atomic E-state index is -0.399. The van der Waals surface area contributed by atoms with E-state index in [-0.39, 0.29) is 0 Å². The summed E-state index contributed by atoms with van der Waals surface area (Å²) in [6.07, 6.45) is 0.745. The number of benzene rings is 1. The number of hydrogen-bond acceptors (Lipinski definition) is 2. The molecule has 0 radical (unpaired) electrons. The molecule has 0 amide bonds. The van der Waals surface area contributed by atoms with E-state index in [2.05, 4.69) is 40.1 Å². The molecule has 2 aromatic rings. The van der Waals surface area contributed by atoms with Crippen molar-refractivity contribution in [2.45, 2.75) is 25.8 Å². The number of halogens is 1. The van der Waals surface area contributed by atoms with Crippen LogP contribution in [0, 0.1) is 6.92 Å². The van der Waals surface area contributed by atoms with Gasteiger partial charge in [0.05, 0.1) is 15.9 Å². The summed E-state index contributed by atoms with van der Waals surface area (Å²) >= 11 is 3.59. The lowest BCUT2D eigenvalue weighted by molar-refractivity contribution is 0.471. The molecule has 1 heterocycles. The van der Waals surface area contributed by atoms with Crippen LogP contribution in [0.1, 0.15) is 23.9 Å². The third-order valence-electron chi connectivity index (χ3n) is 3.23. The van der Waals surface area contributed by atoms with Crippen molar-refractivity contribution in [3.63, 3.8) is 0 Å². The first-order valence-corrected chi connectivity index (χ1v) is 6.73. The molecule has 0 bridgehead atoms. The highest BCUT2D eigenvalue weighted by molar-refractivity contribution is 9.10. The lowest BCUT2D eigenvalue weighted by Crippen LogP contribution is -2.36. The second-order valence-electron chi connectivity index (χ2n) is 4.93. The van der Waals surface area contributed by atoms with E-state index in [1.807, 2.05) is 36.9 Å². The Kier molecular flexibility index (Phi) is 3.59. The van der Waals surface area contributed by atoms with Gasteiger partial charge in [-0.1, -0.05) is 30.3 Å². The van der Waals surface area contributed by atoms with Gasteiger partial charge in [0.1, 0.15) is 0 Å². The Bertz CT molecular complexity index is 544. The number of rotatable bonds is 3. The van der Waals surface area contributed by atoms with Crippen molar-refractivity contribution in [2.24, 2.45) is 12.8 Å². The van der Waals surface area contributed by atoms with Gasteiger partial charge in [0.25, 0.3) is 0 Å². The van der Waals surface area contributed by atoms with Crippen LogP contribution in [0.2, 0.25) is 0 Å². The maximum atomic E-state index is 6.46. The molecule has 0 aliphatic heterocycles. The molecule has 0 saturated heterocycles. The highest BCUT2D eigenvalue weighted by atomic mass is 79.9. The van der Waals surface area contributed by atoms with E-state index in [9.17, 15) is 0 Å². The Morgan fingerprint density at radius 3 is 2.44 bits per heavy atom. The highest BCUT2D eigenvalue weighted by Crippen LogP contribution is 2.28. The molecule has 0 aliphatic rings. The average Bonchev–Trinajstić information content (AvgIpc) is 2.57. The molecule has 0 fully saturated rings. The lowest BCUT2D eigenvalue weighted by Gasteiger charge is -2.25. The van der Waals surface area contributed by atoms with Crippen LogP contribution in [0.5, 0.6) is 0 Å². The molecule has 1 aromatic carbocycles. The summed E-state index contributed by atoms with van der Waals surface area (Å²) < 4.78 is 2.95. The van der Waals surface area contributed by atoms with Crippen molar-refractivity contribution >= 4 is 15.9 Å². The zero-order valence-electron chi connectivity index (χ0n) is 10.9. The smallest absolute Gasteiger partial charge is 0.0738 e. The topological polar surface area (TPSA) is 43.8 Å². The van der Waals surface area contributed by atoms with Gasteiger partial charge in [-0.2, -0.15) is 5.10 Å². The predicted molar refractivity (Wildman–Crippen MR) is 77.3 cm³/mol. The number of nitrogens with two attached hydrogens (primary N) is 1. The van der Waals surface area contributed by atoms with E-state index < -0.39 is 5.54 Å². The van der Waals surface area contributed by atoms with Crippen LogP contribution in [0.15, 0.2) is 34.8 Å². The molecule has 0 saturated carbocycles. The van der Waals surface area contributed by atoms with Crippen LogP contribution in [-0.2, 0) is 19.0 Å². The summed E-state index contributed by atoms with van der Waals surface area (Å²) in [7, 11) is 1.95. The Morgan fingerprint density at radius 1 is 1.33 bits per heavy atom. The quantitative estimate of drug-likeness (QED) is 0.947. The third-order valence-corrected chi connectivity index (χ3v) is 4.26. The Morgan fingerprint density at radius 2 is 1.94 bits per heavy atom. The van der Waals surface area contributed by atoms with Gasteiger partial charge in [-0.15, -0.1) is 0 Å². The maximum absolute atomic E-state index is 6.46. The Hall–Kier alpha value is -1.13. The SMILES string of the molecule is Cc1nn(C)c(CC(C)(N)c2ccccc2)c1Br. The first-order valence-electron chi connectivity index (χ1n) is 5.94. The zero-order chi connectivity index (χ0) is 13.3. The fourth-order valence-corrected chi connectivity index (χ4v) is 2.62. The molecule has 2 rings (SSSR count). The molecule has 0 aliphatic carbocycles. The fourth-order valence-electron chi connectivity index (χ4n) is 2.14. The molecule has 2 N–H and O–H groups in total. The van der Waals surface area contributed by atoms with Gasteiger partial charge >= 0.3 is 0 Å². The zero-order valence-corrected chi connectivity index (χ0v) is 12.5. The predicted octanol–water partition coefficient (Wildman–Crippen LogP) is 2.91. The molecule has 0 spiro atoms. The van der Waals surface area contributed by atoms with Crippen LogP contribution in [-0.4, -0.2) is 9.78 Å². The van der Waals surface area contributed by atoms with Gasteiger partial charge in [-0.3, -0.25) is 4.68 Å². The first kappa shape index (κ1) is 13.3. The van der Waals surface area contributed by atoms with E-state index in [4.69, 9.17) is 5.73 Å². The van der Waals surface area contributed by atoms with E-state index in [1.165, 1.54) is 0 Å². The van der Waals surface area contributed by atoms with Gasteiger partial charge in [0.15, 0.2) is 0 Å². The number of hydrogen-bond donors (Lipinski definition) is 1. The first-order chi connectivity index (χ1) is 8.42. The Balaban J connectivity index is 2.33. The molecule has 96 valence electrons. The third kappa shape index (κ3) is 2.49. The monoisotopic (exact) mass is 307 g/mol. The minimum Gasteiger partial charge on any atom is -0.321 e. The van der Waals surface area contributed by atoms with Crippen LogP contribution < -0.4 is 5.73 Å². The van der Waals surface area contributed by atoms with Gasteiger partial charge in [-0.25, -0.2) is 0 Å². The molecule has 1 aromatic heterocycles. The van der Waals surface area contributed by atoms with E-state index >= 15 is 0 Å². The van der Waals surface area contributed by atoms with Crippen LogP contribution in [0.3, 0.4) is 0 Å². The van der Waals surface area contributed by atoms with Gasteiger partial charge in [0, 0.05) is 19.0 Å². The minimum absolute atomic E-state index is 0.399. The number of nitrogens with zero attached hydrogens (tertiary/aromatic N) is 2. The fraction of sp³-hybridized carbons (Fsp3) is 0.357. The second-order valence-corrected chi connectivity index (χ2v) is 5.72. The van der Waals surface area contributed by atoms with Crippen LogP contribution in [0.25, 0.3) is 0 Å². The summed E-state index contributed by atoms with van der Waals surface area (Å²) in [4.78, 5) is 0. The summed E-state index contributed by atoms with van der Waals surface area (Å²) in [5.41, 5.74) is 9.31. The van der Waals surface area contributed by atoms with Crippen molar-refractivity contribution in [2.75, 3.05) is 0 Å². The lowest BCUT2D eigenvalue weighted by atomic mass is 9.88. The van der Waals surface area contributed by atoms with Crippen molar-refractivity contribution in [1.29, 1.82) is 0 Å². The molecule has 1 unspecified atom stereocenters. The molecule has 1 atom stereocenters. The summed E-state index contributed by atoms with van der Waals surface area (Å²) in [5.74, 6) is 0. The van der Waals surface area contributed by atoms with Crippen LogP contribution >= 0.6 is 15.9 Å². The standard InChI is InChI=1S/C14H18BrN3/c1-10-13(15)12(18(3)17-10)9-14(2,16)11-7-5-4-6-8-11/h4-8H,9,16H2,1-3H3. The van der Waals surface area contributed by atoms with Crippen molar-refractivity contribution in [1.82, 2.24) is 9.78 Å². The van der Waals surface area contributed by atoms with Crippen molar-refractivity contribution in [3.8, 4) is 0 Å². The van der Waals surface area contributed by atoms with Crippen molar-refractivity contribution < 1.29 is 0 Å². The normalized spacial score (nSPS) is 14.5. The highest BCUT2D eigenvalue weighted by Gasteiger charge is 2.25. The van der Waals surface area contributed by atoms with Crippen molar-refractivity contribution in [3.05, 3.63) is 51.8 Å². The second kappa shape index (κ2) is 4.86. The maximum Gasteiger partial charge on any atom is 0.0738 e. The van der Waals surface area contributed by atoms with Gasteiger partial charge in [0.2, 0.25) is 0 Å². The molecule has 4 heteroatoms. The van der Waals surface area contributed by atoms with E-state index in [0.29, 0.717) is 0 Å².